The Morgan fingerprint density at radius 3 is 2.33 bits per heavy atom. The number of carbonyl (C=O) groups is 2. The van der Waals surface area contributed by atoms with Crippen LogP contribution in [0.5, 0.6) is 0 Å². The van der Waals surface area contributed by atoms with E-state index in [1.807, 2.05) is 0 Å². The Bertz CT molecular complexity index is 793. The van der Waals surface area contributed by atoms with E-state index in [1.54, 1.807) is 0 Å². The lowest BCUT2D eigenvalue weighted by molar-refractivity contribution is -0.143. The number of hydrogen-bond acceptors (Lipinski definition) is 3. The number of carbonyl (C=O) groups excluding carboxylic acids is 1. The molecule has 0 saturated heterocycles. The summed E-state index contributed by atoms with van der Waals surface area (Å²) in [6.45, 7) is 0. The van der Waals surface area contributed by atoms with Crippen molar-refractivity contribution in [2.45, 2.75) is 25.1 Å². The molecule has 3 rings (SSSR count). The molecule has 2 aromatic rings. The minimum Gasteiger partial charge on any atom is -0.478 e. The summed E-state index contributed by atoms with van der Waals surface area (Å²) < 4.78 is 40.0. The van der Waals surface area contributed by atoms with Crippen LogP contribution in [0.1, 0.15) is 39.3 Å². The molecule has 9 heteroatoms. The first kappa shape index (κ1) is 16.0. The standard InChI is InChI=1S/C15H12F3N3O3/c16-15(17,18)12-11(14(23)24)7-19-21(12)10-5-1-8(2-6-10)13(22)20-9-3-4-9/h1-2,5-7,9H,3-4H2,(H,20,22)(H,23,24). The van der Waals surface area contributed by atoms with E-state index in [-0.39, 0.29) is 17.6 Å². The molecule has 1 aromatic heterocycles. The minimum atomic E-state index is -4.88. The lowest BCUT2D eigenvalue weighted by Crippen LogP contribution is -2.25. The van der Waals surface area contributed by atoms with Crippen molar-refractivity contribution in [1.29, 1.82) is 0 Å². The van der Waals surface area contributed by atoms with Gasteiger partial charge in [-0.15, -0.1) is 0 Å². The molecule has 2 N–H and O–H groups in total. The van der Waals surface area contributed by atoms with Gasteiger partial charge < -0.3 is 10.4 Å². The Morgan fingerprint density at radius 2 is 1.83 bits per heavy atom. The number of rotatable bonds is 4. The first-order valence-electron chi connectivity index (χ1n) is 7.07. The highest BCUT2D eigenvalue weighted by Crippen LogP contribution is 2.33. The van der Waals surface area contributed by atoms with Crippen molar-refractivity contribution in [3.8, 4) is 5.69 Å². The van der Waals surface area contributed by atoms with Crippen LogP contribution in [0.2, 0.25) is 0 Å². The molecule has 0 atom stereocenters. The lowest BCUT2D eigenvalue weighted by atomic mass is 10.2. The van der Waals surface area contributed by atoms with Crippen LogP contribution in [0.4, 0.5) is 13.2 Å². The smallest absolute Gasteiger partial charge is 0.434 e. The van der Waals surface area contributed by atoms with Gasteiger partial charge in [-0.3, -0.25) is 4.79 Å². The molecule has 6 nitrogen and oxygen atoms in total. The molecule has 0 spiro atoms. The molecule has 1 aromatic carbocycles. The summed E-state index contributed by atoms with van der Waals surface area (Å²) in [7, 11) is 0. The number of alkyl halides is 3. The van der Waals surface area contributed by atoms with E-state index in [1.165, 1.54) is 24.3 Å². The Kier molecular flexibility index (Phi) is 3.78. The van der Waals surface area contributed by atoms with Crippen molar-refractivity contribution in [3.05, 3.63) is 47.3 Å². The molecule has 1 heterocycles. The number of amides is 1. The average molecular weight is 339 g/mol. The third kappa shape index (κ3) is 3.10. The molecule has 0 aliphatic heterocycles. The fourth-order valence-corrected chi connectivity index (χ4v) is 2.22. The van der Waals surface area contributed by atoms with Crippen molar-refractivity contribution >= 4 is 11.9 Å². The van der Waals surface area contributed by atoms with Gasteiger partial charge in [-0.25, -0.2) is 9.48 Å². The number of benzene rings is 1. The van der Waals surface area contributed by atoms with E-state index < -0.39 is 23.4 Å². The van der Waals surface area contributed by atoms with Gasteiger partial charge in [-0.1, -0.05) is 0 Å². The maximum absolute atomic E-state index is 13.2. The largest absolute Gasteiger partial charge is 0.478 e. The van der Waals surface area contributed by atoms with E-state index >= 15 is 0 Å². The van der Waals surface area contributed by atoms with Gasteiger partial charge in [0, 0.05) is 11.6 Å². The third-order valence-corrected chi connectivity index (χ3v) is 3.55. The first-order chi connectivity index (χ1) is 11.3. The number of aromatic nitrogens is 2. The second-order valence-corrected chi connectivity index (χ2v) is 5.42. The van der Waals surface area contributed by atoms with Gasteiger partial charge >= 0.3 is 12.1 Å². The van der Waals surface area contributed by atoms with Crippen molar-refractivity contribution in [2.75, 3.05) is 0 Å². The van der Waals surface area contributed by atoms with E-state index in [0.717, 1.165) is 12.8 Å². The van der Waals surface area contributed by atoms with E-state index in [4.69, 9.17) is 5.11 Å². The van der Waals surface area contributed by atoms with Crippen LogP contribution < -0.4 is 5.32 Å². The quantitative estimate of drug-likeness (QED) is 0.896. The SMILES string of the molecule is O=C(NC1CC1)c1ccc(-n2ncc(C(=O)O)c2C(F)(F)F)cc1. The molecule has 1 aliphatic rings. The van der Waals surface area contributed by atoms with Gasteiger partial charge in [0.25, 0.3) is 5.91 Å². The summed E-state index contributed by atoms with van der Waals surface area (Å²) in [5.74, 6) is -2.01. The summed E-state index contributed by atoms with van der Waals surface area (Å²) in [5.41, 5.74) is -1.98. The number of carboxylic acids is 1. The van der Waals surface area contributed by atoms with Crippen LogP contribution in [0.25, 0.3) is 5.69 Å². The maximum atomic E-state index is 13.2. The first-order valence-corrected chi connectivity index (χ1v) is 7.07. The summed E-state index contributed by atoms with van der Waals surface area (Å²) in [4.78, 5) is 22.8. The van der Waals surface area contributed by atoms with Gasteiger partial charge in [-0.05, 0) is 37.1 Å². The van der Waals surface area contributed by atoms with Crippen LogP contribution >= 0.6 is 0 Å². The zero-order valence-electron chi connectivity index (χ0n) is 12.2. The van der Waals surface area contributed by atoms with Crippen LogP contribution in [-0.4, -0.2) is 32.8 Å². The van der Waals surface area contributed by atoms with Gasteiger partial charge in [0.1, 0.15) is 5.56 Å². The summed E-state index contributed by atoms with van der Waals surface area (Å²) in [6.07, 6.45) is -2.39. The zero-order chi connectivity index (χ0) is 17.5. The number of nitrogens with one attached hydrogen (secondary N) is 1. The lowest BCUT2D eigenvalue weighted by Gasteiger charge is -2.12. The Balaban J connectivity index is 1.94. The van der Waals surface area contributed by atoms with Crippen LogP contribution in [0.3, 0.4) is 0 Å². The number of nitrogens with zero attached hydrogens (tertiary/aromatic N) is 2. The number of hydrogen-bond donors (Lipinski definition) is 2. The van der Waals surface area contributed by atoms with Gasteiger partial charge in [0.2, 0.25) is 0 Å². The van der Waals surface area contributed by atoms with Gasteiger partial charge in [-0.2, -0.15) is 18.3 Å². The predicted molar refractivity (Wildman–Crippen MR) is 76.0 cm³/mol. The fourth-order valence-electron chi connectivity index (χ4n) is 2.22. The monoisotopic (exact) mass is 339 g/mol. The Hall–Kier alpha value is -2.84. The molecule has 0 bridgehead atoms. The van der Waals surface area contributed by atoms with Crippen molar-refractivity contribution < 1.29 is 27.9 Å². The maximum Gasteiger partial charge on any atom is 0.434 e. The second-order valence-electron chi connectivity index (χ2n) is 5.42. The van der Waals surface area contributed by atoms with Crippen LogP contribution in [0.15, 0.2) is 30.5 Å². The normalized spacial score (nSPS) is 14.5. The van der Waals surface area contributed by atoms with E-state index in [9.17, 15) is 22.8 Å². The Morgan fingerprint density at radius 1 is 1.21 bits per heavy atom. The van der Waals surface area contributed by atoms with Gasteiger partial charge in [0.15, 0.2) is 5.69 Å². The topological polar surface area (TPSA) is 84.2 Å². The number of aromatic carboxylic acids is 1. The van der Waals surface area contributed by atoms with Crippen molar-refractivity contribution in [3.63, 3.8) is 0 Å². The minimum absolute atomic E-state index is 0.0118. The molecular weight excluding hydrogens is 327 g/mol. The summed E-state index contributed by atoms with van der Waals surface area (Å²) in [5, 5.41) is 15.2. The van der Waals surface area contributed by atoms with Crippen molar-refractivity contribution in [2.24, 2.45) is 0 Å². The molecular formula is C15H12F3N3O3. The predicted octanol–water partition coefficient (Wildman–Crippen LogP) is 2.48. The van der Waals surface area contributed by atoms with Crippen molar-refractivity contribution in [1.82, 2.24) is 15.1 Å². The molecule has 1 fully saturated rings. The molecule has 0 radical (unpaired) electrons. The average Bonchev–Trinajstić information content (AvgIpc) is 3.19. The van der Waals surface area contributed by atoms with Crippen LogP contribution in [-0.2, 0) is 6.18 Å². The molecule has 24 heavy (non-hydrogen) atoms. The highest BCUT2D eigenvalue weighted by Gasteiger charge is 2.40. The van der Waals surface area contributed by atoms with E-state index in [0.29, 0.717) is 16.4 Å². The molecule has 1 amide bonds. The summed E-state index contributed by atoms with van der Waals surface area (Å²) >= 11 is 0. The molecule has 126 valence electrons. The summed E-state index contributed by atoms with van der Waals surface area (Å²) in [6, 6.07) is 5.48. The Labute approximate surface area is 133 Å². The fraction of sp³-hybridized carbons (Fsp3) is 0.267. The molecule has 0 unspecified atom stereocenters. The molecule has 1 saturated carbocycles. The number of halogens is 3. The second kappa shape index (κ2) is 5.66. The molecule has 1 aliphatic carbocycles. The van der Waals surface area contributed by atoms with Gasteiger partial charge in [0.05, 0.1) is 11.9 Å². The highest BCUT2D eigenvalue weighted by atomic mass is 19.4. The number of carboxylic acid groups (broad SMARTS) is 1. The van der Waals surface area contributed by atoms with Crippen LogP contribution in [0, 0.1) is 0 Å². The third-order valence-electron chi connectivity index (χ3n) is 3.55. The highest BCUT2D eigenvalue weighted by molar-refractivity contribution is 5.94. The van der Waals surface area contributed by atoms with E-state index in [2.05, 4.69) is 10.4 Å². The zero-order valence-corrected chi connectivity index (χ0v) is 12.2.